The standard InChI is InChI=1S/C18H29ClN2/c1-18(2,3)20-14-15-10-9-11-16(19)17(15)21-12-7-5-4-6-8-13-21/h9-11,20H,4-8,12-14H2,1-3H3. The zero-order valence-electron chi connectivity index (χ0n) is 13.7. The number of hydrogen-bond donors (Lipinski definition) is 1. The van der Waals surface area contributed by atoms with Crippen LogP contribution < -0.4 is 10.2 Å². The highest BCUT2D eigenvalue weighted by molar-refractivity contribution is 6.33. The van der Waals surface area contributed by atoms with Gasteiger partial charge in [0.1, 0.15) is 0 Å². The number of rotatable bonds is 3. The van der Waals surface area contributed by atoms with E-state index in [-0.39, 0.29) is 5.54 Å². The van der Waals surface area contributed by atoms with Gasteiger partial charge < -0.3 is 10.2 Å². The van der Waals surface area contributed by atoms with E-state index in [1.165, 1.54) is 43.4 Å². The van der Waals surface area contributed by atoms with Crippen LogP contribution >= 0.6 is 11.6 Å². The molecule has 1 aliphatic rings. The summed E-state index contributed by atoms with van der Waals surface area (Å²) in [5.41, 5.74) is 2.69. The van der Waals surface area contributed by atoms with Crippen LogP contribution in [0.5, 0.6) is 0 Å². The molecule has 2 nitrogen and oxygen atoms in total. The largest absolute Gasteiger partial charge is 0.370 e. The van der Waals surface area contributed by atoms with Gasteiger partial charge in [-0.3, -0.25) is 0 Å². The highest BCUT2D eigenvalue weighted by Gasteiger charge is 2.17. The third kappa shape index (κ3) is 5.19. The first-order valence-corrected chi connectivity index (χ1v) is 8.62. The minimum Gasteiger partial charge on any atom is -0.370 e. The Kier molecular flexibility index (Phi) is 5.95. The molecule has 1 aromatic rings. The predicted molar refractivity (Wildman–Crippen MR) is 93.3 cm³/mol. The van der Waals surface area contributed by atoms with Crippen molar-refractivity contribution in [1.82, 2.24) is 5.32 Å². The van der Waals surface area contributed by atoms with Gasteiger partial charge in [0.05, 0.1) is 10.7 Å². The quantitative estimate of drug-likeness (QED) is 0.845. The van der Waals surface area contributed by atoms with Crippen molar-refractivity contribution in [2.45, 2.75) is 65.0 Å². The molecule has 118 valence electrons. The third-order valence-electron chi connectivity index (χ3n) is 4.05. The predicted octanol–water partition coefficient (Wildman–Crippen LogP) is 5.00. The Morgan fingerprint density at radius 2 is 1.67 bits per heavy atom. The van der Waals surface area contributed by atoms with Crippen LogP contribution in [-0.2, 0) is 6.54 Å². The lowest BCUT2D eigenvalue weighted by Crippen LogP contribution is -2.36. The fraction of sp³-hybridized carbons (Fsp3) is 0.667. The summed E-state index contributed by atoms with van der Waals surface area (Å²) in [5, 5.41) is 4.48. The molecule has 3 heteroatoms. The molecule has 0 bridgehead atoms. The van der Waals surface area contributed by atoms with Gasteiger partial charge in [-0.1, -0.05) is 43.0 Å². The van der Waals surface area contributed by atoms with Gasteiger partial charge in [-0.25, -0.2) is 0 Å². The van der Waals surface area contributed by atoms with Crippen molar-refractivity contribution in [2.24, 2.45) is 0 Å². The van der Waals surface area contributed by atoms with Crippen molar-refractivity contribution in [3.05, 3.63) is 28.8 Å². The molecule has 21 heavy (non-hydrogen) atoms. The van der Waals surface area contributed by atoms with E-state index in [9.17, 15) is 0 Å². The molecular formula is C18H29ClN2. The molecule has 0 radical (unpaired) electrons. The molecule has 0 aromatic heterocycles. The average molecular weight is 309 g/mol. The first-order chi connectivity index (χ1) is 9.97. The SMILES string of the molecule is CC(C)(C)NCc1cccc(Cl)c1N1CCCCCCC1. The van der Waals surface area contributed by atoms with E-state index in [2.05, 4.69) is 43.1 Å². The molecule has 1 fully saturated rings. The van der Waals surface area contributed by atoms with E-state index in [1.54, 1.807) is 0 Å². The number of benzene rings is 1. The Morgan fingerprint density at radius 3 is 2.29 bits per heavy atom. The number of nitrogens with one attached hydrogen (secondary N) is 1. The van der Waals surface area contributed by atoms with Crippen LogP contribution in [0, 0.1) is 0 Å². The molecule has 0 spiro atoms. The molecule has 0 saturated carbocycles. The summed E-state index contributed by atoms with van der Waals surface area (Å²) in [7, 11) is 0. The maximum atomic E-state index is 6.54. The lowest BCUT2D eigenvalue weighted by Gasteiger charge is -2.31. The summed E-state index contributed by atoms with van der Waals surface area (Å²) in [4.78, 5) is 2.50. The van der Waals surface area contributed by atoms with Crippen LogP contribution in [-0.4, -0.2) is 18.6 Å². The van der Waals surface area contributed by atoms with Crippen molar-refractivity contribution in [2.75, 3.05) is 18.0 Å². The van der Waals surface area contributed by atoms with E-state index < -0.39 is 0 Å². The third-order valence-corrected chi connectivity index (χ3v) is 4.36. The van der Waals surface area contributed by atoms with Crippen LogP contribution in [0.25, 0.3) is 0 Å². The number of halogens is 1. The summed E-state index contributed by atoms with van der Waals surface area (Å²) >= 11 is 6.54. The average Bonchev–Trinajstić information content (AvgIpc) is 2.36. The maximum Gasteiger partial charge on any atom is 0.0642 e. The van der Waals surface area contributed by atoms with Crippen molar-refractivity contribution < 1.29 is 0 Å². The van der Waals surface area contributed by atoms with Crippen LogP contribution in [0.15, 0.2) is 18.2 Å². The first-order valence-electron chi connectivity index (χ1n) is 8.25. The van der Waals surface area contributed by atoms with Gasteiger partial charge >= 0.3 is 0 Å². The van der Waals surface area contributed by atoms with Crippen molar-refractivity contribution in [1.29, 1.82) is 0 Å². The number of anilines is 1. The van der Waals surface area contributed by atoms with Gasteiger partial charge in [-0.15, -0.1) is 0 Å². The first kappa shape index (κ1) is 16.6. The summed E-state index contributed by atoms with van der Waals surface area (Å²) < 4.78 is 0. The summed E-state index contributed by atoms with van der Waals surface area (Å²) in [6.07, 6.45) is 6.62. The minimum absolute atomic E-state index is 0.121. The smallest absolute Gasteiger partial charge is 0.0642 e. The van der Waals surface area contributed by atoms with E-state index in [0.717, 1.165) is 24.7 Å². The van der Waals surface area contributed by atoms with Gasteiger partial charge in [0, 0.05) is 25.2 Å². The Balaban J connectivity index is 2.19. The second kappa shape index (κ2) is 7.51. The Bertz CT molecular complexity index is 443. The Hall–Kier alpha value is -0.730. The zero-order chi connectivity index (χ0) is 15.3. The van der Waals surface area contributed by atoms with Gasteiger partial charge in [-0.2, -0.15) is 0 Å². The molecular weight excluding hydrogens is 280 g/mol. The Labute approximate surface area is 134 Å². The normalized spacial score (nSPS) is 17.4. The van der Waals surface area contributed by atoms with Gasteiger partial charge in [0.25, 0.3) is 0 Å². The van der Waals surface area contributed by atoms with E-state index in [1.807, 2.05) is 6.07 Å². The number of nitrogens with zero attached hydrogens (tertiary/aromatic N) is 1. The highest BCUT2D eigenvalue weighted by Crippen LogP contribution is 2.31. The molecule has 1 aromatic carbocycles. The van der Waals surface area contributed by atoms with E-state index in [0.29, 0.717) is 0 Å². The zero-order valence-corrected chi connectivity index (χ0v) is 14.5. The topological polar surface area (TPSA) is 15.3 Å². The monoisotopic (exact) mass is 308 g/mol. The van der Waals surface area contributed by atoms with Gasteiger partial charge in [0.15, 0.2) is 0 Å². The fourth-order valence-corrected chi connectivity index (χ4v) is 3.20. The number of hydrogen-bond acceptors (Lipinski definition) is 2. The second-order valence-electron chi connectivity index (χ2n) is 7.11. The minimum atomic E-state index is 0.121. The van der Waals surface area contributed by atoms with Gasteiger partial charge in [-0.05, 0) is 45.2 Å². The van der Waals surface area contributed by atoms with Crippen molar-refractivity contribution in [3.63, 3.8) is 0 Å². The van der Waals surface area contributed by atoms with Crippen molar-refractivity contribution in [3.8, 4) is 0 Å². The molecule has 1 aliphatic heterocycles. The fourth-order valence-electron chi connectivity index (χ4n) is 2.89. The highest BCUT2D eigenvalue weighted by atomic mass is 35.5. The van der Waals surface area contributed by atoms with E-state index in [4.69, 9.17) is 11.6 Å². The van der Waals surface area contributed by atoms with Crippen LogP contribution in [0.1, 0.15) is 58.4 Å². The van der Waals surface area contributed by atoms with Crippen LogP contribution in [0.4, 0.5) is 5.69 Å². The Morgan fingerprint density at radius 1 is 1.05 bits per heavy atom. The molecule has 2 rings (SSSR count). The van der Waals surface area contributed by atoms with E-state index >= 15 is 0 Å². The lowest BCUT2D eigenvalue weighted by atomic mass is 10.0. The molecule has 1 N–H and O–H groups in total. The van der Waals surface area contributed by atoms with Crippen LogP contribution in [0.3, 0.4) is 0 Å². The molecule has 0 unspecified atom stereocenters. The van der Waals surface area contributed by atoms with Gasteiger partial charge in [0.2, 0.25) is 0 Å². The molecule has 0 amide bonds. The maximum absolute atomic E-state index is 6.54. The summed E-state index contributed by atoms with van der Waals surface area (Å²) in [5.74, 6) is 0. The molecule has 0 atom stereocenters. The molecule has 1 saturated heterocycles. The number of para-hydroxylation sites is 1. The molecule has 0 aliphatic carbocycles. The van der Waals surface area contributed by atoms with Crippen molar-refractivity contribution >= 4 is 17.3 Å². The van der Waals surface area contributed by atoms with Crippen LogP contribution in [0.2, 0.25) is 5.02 Å². The summed E-state index contributed by atoms with van der Waals surface area (Å²) in [6, 6.07) is 6.30. The molecule has 1 heterocycles. The lowest BCUT2D eigenvalue weighted by molar-refractivity contribution is 0.424. The second-order valence-corrected chi connectivity index (χ2v) is 7.51. The summed E-state index contributed by atoms with van der Waals surface area (Å²) in [6.45, 7) is 9.74.